The van der Waals surface area contributed by atoms with Gasteiger partial charge in [0.15, 0.2) is 0 Å². The SMILES string of the molecule is CC(C)=CCN1CC(=O)N[C@H](CC(C)C)C(=O)N(C)[C@@H](C)C(=O)N[C@@H](Cc2ccccc2)C(=O)N[C@H]2CCO[C@H](C1)[C@H]2O. The molecule has 2 saturated heterocycles. The molecule has 0 aromatic heterocycles. The number of carbonyl (C=O) groups is 4. The normalized spacial score (nSPS) is 28.5. The Balaban J connectivity index is 1.97. The molecule has 2 aliphatic rings. The van der Waals surface area contributed by atoms with Crippen LogP contribution in [0.25, 0.3) is 0 Å². The predicted molar refractivity (Wildman–Crippen MR) is 164 cm³/mol. The van der Waals surface area contributed by atoms with Crippen LogP contribution in [-0.2, 0) is 30.3 Å². The summed E-state index contributed by atoms with van der Waals surface area (Å²) in [5.41, 5.74) is 1.93. The van der Waals surface area contributed by atoms with Gasteiger partial charge in [-0.15, -0.1) is 0 Å². The monoisotopic (exact) mass is 599 g/mol. The lowest BCUT2D eigenvalue weighted by atomic mass is 9.97. The maximum absolute atomic E-state index is 13.6. The number of hydrogen-bond donors (Lipinski definition) is 4. The summed E-state index contributed by atoms with van der Waals surface area (Å²) in [6, 6.07) is 6.06. The highest BCUT2D eigenvalue weighted by molar-refractivity contribution is 5.94. The lowest BCUT2D eigenvalue weighted by molar-refractivity contribution is -0.142. The molecule has 0 saturated carbocycles. The first-order valence-electron chi connectivity index (χ1n) is 15.2. The number of benzene rings is 1. The van der Waals surface area contributed by atoms with Crippen LogP contribution in [0.3, 0.4) is 0 Å². The van der Waals surface area contributed by atoms with E-state index in [0.717, 1.165) is 11.1 Å². The molecule has 238 valence electrons. The first-order valence-corrected chi connectivity index (χ1v) is 15.2. The molecule has 2 heterocycles. The number of fused-ring (bicyclic) bond motifs is 2. The minimum absolute atomic E-state index is 0.0197. The second-order valence-corrected chi connectivity index (χ2v) is 12.4. The van der Waals surface area contributed by atoms with Crippen LogP contribution in [0.4, 0.5) is 0 Å². The van der Waals surface area contributed by atoms with Crippen molar-refractivity contribution in [2.24, 2.45) is 5.92 Å². The lowest BCUT2D eigenvalue weighted by Crippen LogP contribution is -2.60. The van der Waals surface area contributed by atoms with Gasteiger partial charge >= 0.3 is 0 Å². The van der Waals surface area contributed by atoms with Crippen LogP contribution in [0.1, 0.15) is 53.0 Å². The van der Waals surface area contributed by atoms with Gasteiger partial charge in [0.25, 0.3) is 0 Å². The molecule has 4 amide bonds. The maximum Gasteiger partial charge on any atom is 0.245 e. The van der Waals surface area contributed by atoms with Crippen LogP contribution in [0, 0.1) is 5.92 Å². The first kappa shape index (κ1) is 34.2. The summed E-state index contributed by atoms with van der Waals surface area (Å²) in [4.78, 5) is 57.2. The molecule has 1 aromatic carbocycles. The average Bonchev–Trinajstić information content (AvgIpc) is 2.95. The Labute approximate surface area is 255 Å². The van der Waals surface area contributed by atoms with E-state index < -0.39 is 48.2 Å². The van der Waals surface area contributed by atoms with E-state index in [4.69, 9.17) is 4.74 Å². The molecule has 3 rings (SSSR count). The first-order chi connectivity index (χ1) is 20.3. The van der Waals surface area contributed by atoms with Crippen LogP contribution >= 0.6 is 0 Å². The van der Waals surface area contributed by atoms with Crippen LogP contribution in [0.15, 0.2) is 42.0 Å². The molecule has 2 fully saturated rings. The Morgan fingerprint density at radius 2 is 1.74 bits per heavy atom. The quantitative estimate of drug-likeness (QED) is 0.358. The van der Waals surface area contributed by atoms with E-state index in [9.17, 15) is 24.3 Å². The van der Waals surface area contributed by atoms with E-state index in [0.29, 0.717) is 26.0 Å². The second-order valence-electron chi connectivity index (χ2n) is 12.4. The highest BCUT2D eigenvalue weighted by atomic mass is 16.5. The number of aliphatic hydroxyl groups excluding tert-OH is 1. The van der Waals surface area contributed by atoms with Crippen molar-refractivity contribution in [3.63, 3.8) is 0 Å². The van der Waals surface area contributed by atoms with E-state index in [2.05, 4.69) is 16.0 Å². The molecule has 0 spiro atoms. The van der Waals surface area contributed by atoms with Crippen molar-refractivity contribution >= 4 is 23.6 Å². The number of allylic oxidation sites excluding steroid dienone is 1. The Hall–Kier alpha value is -3.28. The third kappa shape index (κ3) is 10.1. The summed E-state index contributed by atoms with van der Waals surface area (Å²) in [6.45, 7) is 10.4. The number of rotatable bonds is 6. The Kier molecular flexibility index (Phi) is 12.7. The number of nitrogens with zero attached hydrogens (tertiary/aromatic N) is 2. The fourth-order valence-corrected chi connectivity index (χ4v) is 5.35. The minimum atomic E-state index is -1.03. The van der Waals surface area contributed by atoms with E-state index in [-0.39, 0.29) is 37.2 Å². The van der Waals surface area contributed by atoms with Crippen molar-refractivity contribution in [2.75, 3.05) is 33.3 Å². The predicted octanol–water partition coefficient (Wildman–Crippen LogP) is 1.01. The van der Waals surface area contributed by atoms with E-state index in [1.807, 2.05) is 69.0 Å². The van der Waals surface area contributed by atoms with Crippen LogP contribution in [0.2, 0.25) is 0 Å². The summed E-state index contributed by atoms with van der Waals surface area (Å²) in [7, 11) is 1.53. The molecule has 11 heteroatoms. The van der Waals surface area contributed by atoms with Gasteiger partial charge in [-0.1, -0.05) is 55.8 Å². The van der Waals surface area contributed by atoms with Gasteiger partial charge in [0.1, 0.15) is 24.2 Å². The van der Waals surface area contributed by atoms with E-state index in [1.54, 1.807) is 6.92 Å². The number of hydrogen-bond acceptors (Lipinski definition) is 7. The second kappa shape index (κ2) is 16.0. The van der Waals surface area contributed by atoms with Gasteiger partial charge < -0.3 is 30.7 Å². The van der Waals surface area contributed by atoms with Crippen molar-refractivity contribution in [1.29, 1.82) is 0 Å². The zero-order valence-electron chi connectivity index (χ0n) is 26.3. The summed E-state index contributed by atoms with van der Waals surface area (Å²) < 4.78 is 5.93. The Morgan fingerprint density at radius 1 is 1.05 bits per heavy atom. The fraction of sp³-hybridized carbons (Fsp3) is 0.625. The number of likely N-dealkylation sites (N-methyl/N-ethyl adjacent to an activating group) is 1. The number of nitrogens with one attached hydrogen (secondary N) is 3. The molecular weight excluding hydrogens is 550 g/mol. The van der Waals surface area contributed by atoms with Crippen LogP contribution < -0.4 is 16.0 Å². The van der Waals surface area contributed by atoms with Gasteiger partial charge in [-0.05, 0) is 45.1 Å². The van der Waals surface area contributed by atoms with Gasteiger partial charge in [0, 0.05) is 33.2 Å². The molecule has 6 atom stereocenters. The molecule has 1 aromatic rings. The van der Waals surface area contributed by atoms with Crippen molar-refractivity contribution in [2.45, 2.75) is 90.3 Å². The van der Waals surface area contributed by atoms with Gasteiger partial charge in [-0.25, -0.2) is 0 Å². The molecule has 4 N–H and O–H groups in total. The van der Waals surface area contributed by atoms with Crippen LogP contribution in [0.5, 0.6) is 0 Å². The van der Waals surface area contributed by atoms with E-state index in [1.165, 1.54) is 11.9 Å². The smallest absolute Gasteiger partial charge is 0.245 e. The lowest BCUT2D eigenvalue weighted by Gasteiger charge is -2.38. The molecule has 2 aliphatic heterocycles. The maximum atomic E-state index is 13.6. The third-order valence-electron chi connectivity index (χ3n) is 8.01. The summed E-state index contributed by atoms with van der Waals surface area (Å²) in [6.07, 6.45) is 1.32. The van der Waals surface area contributed by atoms with Crippen molar-refractivity contribution in [1.82, 2.24) is 25.8 Å². The van der Waals surface area contributed by atoms with Crippen molar-refractivity contribution in [3.05, 3.63) is 47.5 Å². The number of amides is 4. The molecule has 0 aliphatic carbocycles. The number of carbonyl (C=O) groups excluding carboxylic acids is 4. The molecule has 11 nitrogen and oxygen atoms in total. The standard InChI is InChI=1S/C32H49N5O6/c1-20(2)12-14-37-18-27-29(39)24(13-15-43-27)34-31(41)25(17-23-10-8-7-9-11-23)35-30(40)22(5)36(6)32(42)26(16-21(3)4)33-28(38)19-37/h7-12,21-22,24-27,29,39H,13-19H2,1-6H3,(H,33,38)(H,34,41)(H,35,40)/t22-,24-,25-,26+,27+,29-/m0/s1. The van der Waals surface area contributed by atoms with Gasteiger partial charge in [0.05, 0.1) is 18.7 Å². The van der Waals surface area contributed by atoms with Crippen molar-refractivity contribution < 1.29 is 29.0 Å². The average molecular weight is 600 g/mol. The minimum Gasteiger partial charge on any atom is -0.388 e. The summed E-state index contributed by atoms with van der Waals surface area (Å²) in [5, 5.41) is 20.0. The van der Waals surface area contributed by atoms with Crippen molar-refractivity contribution in [3.8, 4) is 0 Å². The zero-order valence-corrected chi connectivity index (χ0v) is 26.3. The van der Waals surface area contributed by atoms with Gasteiger partial charge in [-0.2, -0.15) is 0 Å². The number of ether oxygens (including phenoxy) is 1. The summed E-state index contributed by atoms with van der Waals surface area (Å²) >= 11 is 0. The highest BCUT2D eigenvalue weighted by Gasteiger charge is 2.38. The Bertz CT molecular complexity index is 1140. The van der Waals surface area contributed by atoms with Gasteiger partial charge in [0.2, 0.25) is 23.6 Å². The number of aliphatic hydroxyl groups is 1. The molecule has 43 heavy (non-hydrogen) atoms. The largest absolute Gasteiger partial charge is 0.388 e. The Morgan fingerprint density at radius 3 is 2.40 bits per heavy atom. The fourth-order valence-electron chi connectivity index (χ4n) is 5.35. The molecule has 0 radical (unpaired) electrons. The molecule has 0 unspecified atom stereocenters. The summed E-state index contributed by atoms with van der Waals surface area (Å²) in [5.74, 6) is -1.55. The molecule has 2 bridgehead atoms. The zero-order chi connectivity index (χ0) is 31.7. The van der Waals surface area contributed by atoms with Crippen LogP contribution in [-0.4, -0.2) is 108 Å². The third-order valence-corrected chi connectivity index (χ3v) is 8.01. The van der Waals surface area contributed by atoms with E-state index >= 15 is 0 Å². The molecular formula is C32H49N5O6. The highest BCUT2D eigenvalue weighted by Crippen LogP contribution is 2.18. The topological polar surface area (TPSA) is 140 Å². The van der Waals surface area contributed by atoms with Gasteiger partial charge in [-0.3, -0.25) is 24.1 Å².